The first-order chi connectivity index (χ1) is 12.6. The van der Waals surface area contributed by atoms with Gasteiger partial charge >= 0.3 is 0 Å². The molecule has 3 aromatic rings. The summed E-state index contributed by atoms with van der Waals surface area (Å²) in [6.45, 7) is 3.37. The van der Waals surface area contributed by atoms with E-state index in [1.807, 2.05) is 49.4 Å². The van der Waals surface area contributed by atoms with Crippen molar-refractivity contribution in [2.24, 2.45) is 0 Å². The van der Waals surface area contributed by atoms with E-state index in [1.165, 1.54) is 30.0 Å². The number of thioether (sulfide) groups is 1. The molecule has 8 heteroatoms. The molecule has 134 valence electrons. The summed E-state index contributed by atoms with van der Waals surface area (Å²) < 4.78 is 0.647. The number of hydrogen-bond acceptors (Lipinski definition) is 6. The van der Waals surface area contributed by atoms with E-state index in [9.17, 15) is 9.59 Å². The Labute approximate surface area is 159 Å². The van der Waals surface area contributed by atoms with Crippen molar-refractivity contribution in [3.8, 4) is 0 Å². The van der Waals surface area contributed by atoms with Crippen molar-refractivity contribution in [1.82, 2.24) is 10.2 Å². The van der Waals surface area contributed by atoms with E-state index < -0.39 is 0 Å². The first-order valence-corrected chi connectivity index (χ1v) is 9.83. The fourth-order valence-electron chi connectivity index (χ4n) is 2.45. The Morgan fingerprint density at radius 1 is 1.12 bits per heavy atom. The maximum atomic E-state index is 12.7. The van der Waals surface area contributed by atoms with Gasteiger partial charge in [-0.3, -0.25) is 9.59 Å². The van der Waals surface area contributed by atoms with Crippen LogP contribution < -0.4 is 10.6 Å². The summed E-state index contributed by atoms with van der Waals surface area (Å²) in [5.74, 6) is -0.274. The van der Waals surface area contributed by atoms with Gasteiger partial charge in [0.15, 0.2) is 4.34 Å². The number of carbonyl (C=O) groups is 2. The second-order valence-corrected chi connectivity index (χ2v) is 8.01. The summed E-state index contributed by atoms with van der Waals surface area (Å²) in [6, 6.07) is 13.8. The molecule has 0 bridgehead atoms. The number of nitrogens with zero attached hydrogens (tertiary/aromatic N) is 2. The third-order valence-corrected chi connectivity index (χ3v) is 5.93. The second-order valence-electron chi connectivity index (χ2n) is 5.59. The van der Waals surface area contributed by atoms with Crippen LogP contribution in [-0.2, 0) is 9.59 Å². The highest BCUT2D eigenvalue weighted by atomic mass is 32.2. The van der Waals surface area contributed by atoms with E-state index in [-0.39, 0.29) is 17.1 Å². The monoisotopic (exact) mass is 386 g/mol. The van der Waals surface area contributed by atoms with E-state index >= 15 is 0 Å². The summed E-state index contributed by atoms with van der Waals surface area (Å²) in [7, 11) is 0. The standard InChI is InChI=1S/C18H18N4O2S2/c1-3-15(25-18-22-21-17(26-18)19-11(2)23)16(24)20-14-10-6-8-12-7-4-5-9-13(12)14/h4-10,15H,3H2,1-2H3,(H,20,24)(H,19,21,23). The van der Waals surface area contributed by atoms with E-state index in [2.05, 4.69) is 20.8 Å². The maximum absolute atomic E-state index is 12.7. The molecule has 1 unspecified atom stereocenters. The van der Waals surface area contributed by atoms with Crippen LogP contribution in [0, 0.1) is 0 Å². The highest BCUT2D eigenvalue weighted by Gasteiger charge is 2.21. The van der Waals surface area contributed by atoms with Crippen LogP contribution in [0.4, 0.5) is 10.8 Å². The van der Waals surface area contributed by atoms with Crippen LogP contribution in [0.3, 0.4) is 0 Å². The number of hydrogen-bond donors (Lipinski definition) is 2. The molecule has 3 rings (SSSR count). The van der Waals surface area contributed by atoms with Crippen LogP contribution in [0.5, 0.6) is 0 Å². The second kappa shape index (κ2) is 8.29. The van der Waals surface area contributed by atoms with Gasteiger partial charge in [0, 0.05) is 18.0 Å². The van der Waals surface area contributed by atoms with Gasteiger partial charge in [-0.25, -0.2) is 0 Å². The van der Waals surface area contributed by atoms with E-state index in [1.54, 1.807) is 0 Å². The smallest absolute Gasteiger partial charge is 0.237 e. The van der Waals surface area contributed by atoms with E-state index in [4.69, 9.17) is 0 Å². The van der Waals surface area contributed by atoms with Gasteiger partial charge in [-0.1, -0.05) is 66.4 Å². The number of carbonyl (C=O) groups excluding carboxylic acids is 2. The quantitative estimate of drug-likeness (QED) is 0.491. The minimum atomic E-state index is -0.299. The Hall–Kier alpha value is -2.45. The van der Waals surface area contributed by atoms with Crippen LogP contribution in [0.15, 0.2) is 46.8 Å². The zero-order valence-electron chi connectivity index (χ0n) is 14.4. The number of nitrogens with one attached hydrogen (secondary N) is 2. The summed E-state index contributed by atoms with van der Waals surface area (Å²) in [5, 5.41) is 15.8. The van der Waals surface area contributed by atoms with Crippen molar-refractivity contribution >= 4 is 56.5 Å². The van der Waals surface area contributed by atoms with Gasteiger partial charge in [0.2, 0.25) is 16.9 Å². The highest BCUT2D eigenvalue weighted by Crippen LogP contribution is 2.31. The highest BCUT2D eigenvalue weighted by molar-refractivity contribution is 8.02. The molecule has 1 atom stereocenters. The zero-order valence-corrected chi connectivity index (χ0v) is 16.0. The molecule has 6 nitrogen and oxygen atoms in total. The molecule has 0 saturated carbocycles. The molecule has 2 amide bonds. The lowest BCUT2D eigenvalue weighted by atomic mass is 10.1. The molecule has 0 saturated heterocycles. The third kappa shape index (κ3) is 4.39. The zero-order chi connectivity index (χ0) is 18.5. The number of benzene rings is 2. The van der Waals surface area contributed by atoms with Gasteiger partial charge < -0.3 is 10.6 Å². The lowest BCUT2D eigenvalue weighted by Crippen LogP contribution is -2.24. The Balaban J connectivity index is 1.72. The molecule has 0 radical (unpaired) electrons. The number of fused-ring (bicyclic) bond motifs is 1. The lowest BCUT2D eigenvalue weighted by Gasteiger charge is -2.14. The summed E-state index contributed by atoms with van der Waals surface area (Å²) in [4.78, 5) is 23.8. The van der Waals surface area contributed by atoms with Gasteiger partial charge in [0.1, 0.15) is 0 Å². The summed E-state index contributed by atoms with van der Waals surface area (Å²) >= 11 is 2.61. The molecule has 0 fully saturated rings. The van der Waals surface area contributed by atoms with Crippen molar-refractivity contribution < 1.29 is 9.59 Å². The Morgan fingerprint density at radius 2 is 1.88 bits per heavy atom. The fraction of sp³-hybridized carbons (Fsp3) is 0.222. The van der Waals surface area contributed by atoms with E-state index in [0.29, 0.717) is 15.9 Å². The first kappa shape index (κ1) is 18.3. The largest absolute Gasteiger partial charge is 0.325 e. The normalized spacial score (nSPS) is 11.9. The third-order valence-electron chi connectivity index (χ3n) is 3.64. The molecule has 26 heavy (non-hydrogen) atoms. The molecule has 0 spiro atoms. The van der Waals surface area contributed by atoms with Crippen molar-refractivity contribution in [2.45, 2.75) is 29.9 Å². The molecule has 2 N–H and O–H groups in total. The summed E-state index contributed by atoms with van der Waals surface area (Å²) in [6.07, 6.45) is 0.649. The molecule has 2 aromatic carbocycles. The summed E-state index contributed by atoms with van der Waals surface area (Å²) in [5.41, 5.74) is 0.795. The van der Waals surface area contributed by atoms with Crippen LogP contribution in [-0.4, -0.2) is 27.3 Å². The Morgan fingerprint density at radius 3 is 2.65 bits per heavy atom. The van der Waals surface area contributed by atoms with Crippen LogP contribution in [0.1, 0.15) is 20.3 Å². The minimum absolute atomic E-state index is 0.0786. The molecular formula is C18H18N4O2S2. The number of aromatic nitrogens is 2. The van der Waals surface area contributed by atoms with Crippen molar-refractivity contribution in [3.05, 3.63) is 42.5 Å². The molecular weight excluding hydrogens is 368 g/mol. The van der Waals surface area contributed by atoms with Gasteiger partial charge in [0.05, 0.1) is 5.25 Å². The van der Waals surface area contributed by atoms with Crippen molar-refractivity contribution in [2.75, 3.05) is 10.6 Å². The van der Waals surface area contributed by atoms with Gasteiger partial charge in [-0.2, -0.15) is 0 Å². The lowest BCUT2D eigenvalue weighted by molar-refractivity contribution is -0.116. The average Bonchev–Trinajstić information content (AvgIpc) is 3.06. The van der Waals surface area contributed by atoms with Crippen LogP contribution in [0.25, 0.3) is 10.8 Å². The van der Waals surface area contributed by atoms with Crippen molar-refractivity contribution in [3.63, 3.8) is 0 Å². The molecule has 0 aliphatic rings. The van der Waals surface area contributed by atoms with Gasteiger partial charge in [-0.15, -0.1) is 10.2 Å². The molecule has 1 aromatic heterocycles. The minimum Gasteiger partial charge on any atom is -0.325 e. The number of amides is 2. The number of rotatable bonds is 6. The predicted molar refractivity (Wildman–Crippen MR) is 107 cm³/mol. The topological polar surface area (TPSA) is 84.0 Å². The predicted octanol–water partition coefficient (Wildman–Crippen LogP) is 4.16. The fourth-order valence-corrected chi connectivity index (χ4v) is 4.42. The SMILES string of the molecule is CCC(Sc1nnc(NC(C)=O)s1)C(=O)Nc1cccc2ccccc12. The van der Waals surface area contributed by atoms with Gasteiger partial charge in [0.25, 0.3) is 0 Å². The average molecular weight is 387 g/mol. The van der Waals surface area contributed by atoms with Gasteiger partial charge in [-0.05, 0) is 17.9 Å². The van der Waals surface area contributed by atoms with E-state index in [0.717, 1.165) is 16.5 Å². The molecule has 0 aliphatic heterocycles. The maximum Gasteiger partial charge on any atom is 0.237 e. The Bertz CT molecular complexity index is 936. The Kier molecular flexibility index (Phi) is 5.85. The van der Waals surface area contributed by atoms with Crippen LogP contribution in [0.2, 0.25) is 0 Å². The first-order valence-electron chi connectivity index (χ1n) is 8.13. The number of anilines is 2. The molecule has 1 heterocycles. The van der Waals surface area contributed by atoms with Crippen LogP contribution >= 0.6 is 23.1 Å². The molecule has 0 aliphatic carbocycles. The van der Waals surface area contributed by atoms with Crippen molar-refractivity contribution in [1.29, 1.82) is 0 Å².